The molecule has 0 radical (unpaired) electrons. The maximum Gasteiger partial charge on any atom is 0.257 e. The number of rotatable bonds is 6. The lowest BCUT2D eigenvalue weighted by Crippen LogP contribution is -2.45. The van der Waals surface area contributed by atoms with Gasteiger partial charge in [-0.3, -0.25) is 19.2 Å². The number of imide groups is 1. The lowest BCUT2D eigenvalue weighted by Gasteiger charge is -2.26. The van der Waals surface area contributed by atoms with Gasteiger partial charge in [0, 0.05) is 26.1 Å². The summed E-state index contributed by atoms with van der Waals surface area (Å²) in [5.74, 6) is -1.21. The zero-order valence-corrected chi connectivity index (χ0v) is 16.4. The van der Waals surface area contributed by atoms with Gasteiger partial charge in [-0.1, -0.05) is 30.3 Å². The number of hydrogen-bond acceptors (Lipinski definition) is 4. The molecule has 1 unspecified atom stereocenters. The maximum atomic E-state index is 13.0. The molecule has 7 heteroatoms. The molecule has 4 amide bonds. The highest BCUT2D eigenvalue weighted by atomic mass is 16.2. The van der Waals surface area contributed by atoms with Gasteiger partial charge < -0.3 is 10.2 Å². The predicted molar refractivity (Wildman–Crippen MR) is 109 cm³/mol. The van der Waals surface area contributed by atoms with Crippen molar-refractivity contribution in [2.45, 2.75) is 32.7 Å². The van der Waals surface area contributed by atoms with E-state index in [1.807, 2.05) is 30.3 Å². The van der Waals surface area contributed by atoms with Gasteiger partial charge in [0.25, 0.3) is 5.91 Å². The van der Waals surface area contributed by atoms with Gasteiger partial charge >= 0.3 is 0 Å². The summed E-state index contributed by atoms with van der Waals surface area (Å²) in [6, 6.07) is 15.3. The van der Waals surface area contributed by atoms with Gasteiger partial charge in [0.15, 0.2) is 0 Å². The fourth-order valence-corrected chi connectivity index (χ4v) is 3.45. The highest BCUT2D eigenvalue weighted by Gasteiger charge is 2.43. The van der Waals surface area contributed by atoms with Gasteiger partial charge in [-0.2, -0.15) is 0 Å². The quantitative estimate of drug-likeness (QED) is 0.764. The Bertz CT molecular complexity index is 925. The van der Waals surface area contributed by atoms with Gasteiger partial charge in [-0.15, -0.1) is 0 Å². The summed E-state index contributed by atoms with van der Waals surface area (Å²) in [5.41, 5.74) is 2.05. The molecular weight excluding hydrogens is 370 g/mol. The molecule has 1 fully saturated rings. The summed E-state index contributed by atoms with van der Waals surface area (Å²) in [5, 5.41) is 2.64. The first-order valence-corrected chi connectivity index (χ1v) is 9.42. The first kappa shape index (κ1) is 20.3. The highest BCUT2D eigenvalue weighted by Crippen LogP contribution is 2.27. The second kappa shape index (κ2) is 8.68. The molecule has 1 heterocycles. The van der Waals surface area contributed by atoms with Crippen molar-refractivity contribution in [2.75, 3.05) is 16.8 Å². The van der Waals surface area contributed by atoms with E-state index >= 15 is 0 Å². The van der Waals surface area contributed by atoms with E-state index in [0.717, 1.165) is 10.5 Å². The fourth-order valence-electron chi connectivity index (χ4n) is 3.45. The van der Waals surface area contributed by atoms with E-state index in [2.05, 4.69) is 5.32 Å². The molecule has 7 nitrogen and oxygen atoms in total. The number of carbonyl (C=O) groups is 4. The van der Waals surface area contributed by atoms with Crippen molar-refractivity contribution in [3.8, 4) is 0 Å². The van der Waals surface area contributed by atoms with Crippen LogP contribution in [-0.4, -0.2) is 41.1 Å². The predicted octanol–water partition coefficient (Wildman–Crippen LogP) is 2.37. The standard InChI is InChI=1S/C22H23N3O4/c1-15(26)23-18-8-10-19(11-9-18)25-21(28)14-20(22(25)29)24(16(2)27)13-12-17-6-4-3-5-7-17/h3-11,20H,12-14H2,1-2H3,(H,23,26). The number of anilines is 2. The minimum absolute atomic E-state index is 0.0410. The van der Waals surface area contributed by atoms with E-state index in [1.165, 1.54) is 18.7 Å². The van der Waals surface area contributed by atoms with Crippen LogP contribution < -0.4 is 10.2 Å². The lowest BCUT2D eigenvalue weighted by molar-refractivity contribution is -0.136. The van der Waals surface area contributed by atoms with Gasteiger partial charge in [-0.05, 0) is 36.2 Å². The third-order valence-corrected chi connectivity index (χ3v) is 4.83. The monoisotopic (exact) mass is 393 g/mol. The fraction of sp³-hybridized carbons (Fsp3) is 0.273. The Morgan fingerprint density at radius 2 is 1.69 bits per heavy atom. The van der Waals surface area contributed by atoms with Crippen LogP contribution in [0.15, 0.2) is 54.6 Å². The number of benzene rings is 2. The van der Waals surface area contributed by atoms with Crippen LogP contribution in [-0.2, 0) is 25.6 Å². The Hall–Kier alpha value is -3.48. The molecule has 1 aliphatic heterocycles. The summed E-state index contributed by atoms with van der Waals surface area (Å²) in [6.07, 6.45) is 0.560. The zero-order valence-electron chi connectivity index (χ0n) is 16.4. The molecule has 29 heavy (non-hydrogen) atoms. The summed E-state index contributed by atoms with van der Waals surface area (Å²) in [6.45, 7) is 3.17. The molecule has 0 aliphatic carbocycles. The first-order chi connectivity index (χ1) is 13.9. The molecule has 1 aliphatic rings. The Kier molecular flexibility index (Phi) is 6.07. The van der Waals surface area contributed by atoms with Crippen LogP contribution in [0.25, 0.3) is 0 Å². The molecule has 0 aromatic heterocycles. The number of nitrogens with one attached hydrogen (secondary N) is 1. The van der Waals surface area contributed by atoms with Crippen LogP contribution >= 0.6 is 0 Å². The van der Waals surface area contributed by atoms with Gasteiger partial charge in [0.1, 0.15) is 6.04 Å². The second-order valence-electron chi connectivity index (χ2n) is 6.96. The molecule has 150 valence electrons. The van der Waals surface area contributed by atoms with E-state index in [9.17, 15) is 19.2 Å². The lowest BCUT2D eigenvalue weighted by atomic mass is 10.1. The number of carbonyl (C=O) groups excluding carboxylic acids is 4. The van der Waals surface area contributed by atoms with Crippen LogP contribution in [0.5, 0.6) is 0 Å². The van der Waals surface area contributed by atoms with Crippen molar-refractivity contribution in [1.29, 1.82) is 0 Å². The Balaban J connectivity index is 1.75. The SMILES string of the molecule is CC(=O)Nc1ccc(N2C(=O)CC(N(CCc3ccccc3)C(C)=O)C2=O)cc1. The molecular formula is C22H23N3O4. The molecule has 0 bridgehead atoms. The van der Waals surface area contributed by atoms with Gasteiger partial charge in [0.2, 0.25) is 17.7 Å². The third-order valence-electron chi connectivity index (χ3n) is 4.83. The minimum Gasteiger partial charge on any atom is -0.330 e. The van der Waals surface area contributed by atoms with Crippen molar-refractivity contribution in [3.05, 3.63) is 60.2 Å². The van der Waals surface area contributed by atoms with E-state index in [4.69, 9.17) is 0 Å². The summed E-state index contributed by atoms with van der Waals surface area (Å²) >= 11 is 0. The number of nitrogens with zero attached hydrogens (tertiary/aromatic N) is 2. The maximum absolute atomic E-state index is 13.0. The summed E-state index contributed by atoms with van der Waals surface area (Å²) < 4.78 is 0. The number of hydrogen-bond donors (Lipinski definition) is 1. The number of amides is 4. The Morgan fingerprint density at radius 1 is 1.03 bits per heavy atom. The first-order valence-electron chi connectivity index (χ1n) is 9.42. The normalized spacial score (nSPS) is 16.1. The van der Waals surface area contributed by atoms with Crippen LogP contribution in [0.1, 0.15) is 25.8 Å². The smallest absolute Gasteiger partial charge is 0.257 e. The van der Waals surface area contributed by atoms with Gasteiger partial charge in [0.05, 0.1) is 12.1 Å². The topological polar surface area (TPSA) is 86.8 Å². The molecule has 1 atom stereocenters. The average Bonchev–Trinajstić information content (AvgIpc) is 2.97. The van der Waals surface area contributed by atoms with E-state index in [-0.39, 0.29) is 24.1 Å². The largest absolute Gasteiger partial charge is 0.330 e. The van der Waals surface area contributed by atoms with Crippen molar-refractivity contribution in [2.24, 2.45) is 0 Å². The summed E-state index contributed by atoms with van der Waals surface area (Å²) in [4.78, 5) is 51.5. The van der Waals surface area contributed by atoms with Crippen molar-refractivity contribution >= 4 is 35.0 Å². The zero-order chi connectivity index (χ0) is 21.0. The Morgan fingerprint density at radius 3 is 2.28 bits per heavy atom. The molecule has 1 saturated heterocycles. The van der Waals surface area contributed by atoms with Crippen LogP contribution in [0.4, 0.5) is 11.4 Å². The van der Waals surface area contributed by atoms with E-state index < -0.39 is 11.9 Å². The average molecular weight is 393 g/mol. The van der Waals surface area contributed by atoms with Crippen LogP contribution in [0, 0.1) is 0 Å². The molecule has 0 saturated carbocycles. The molecule has 2 aromatic carbocycles. The highest BCUT2D eigenvalue weighted by molar-refractivity contribution is 6.23. The molecule has 2 aromatic rings. The minimum atomic E-state index is -0.807. The Labute approximate surface area is 169 Å². The van der Waals surface area contributed by atoms with Crippen molar-refractivity contribution in [3.63, 3.8) is 0 Å². The van der Waals surface area contributed by atoms with E-state index in [1.54, 1.807) is 24.3 Å². The van der Waals surface area contributed by atoms with E-state index in [0.29, 0.717) is 24.3 Å². The molecule has 0 spiro atoms. The van der Waals surface area contributed by atoms with Crippen molar-refractivity contribution in [1.82, 2.24) is 4.90 Å². The third kappa shape index (κ3) is 4.68. The van der Waals surface area contributed by atoms with Gasteiger partial charge in [-0.25, -0.2) is 4.90 Å². The molecule has 1 N–H and O–H groups in total. The van der Waals surface area contributed by atoms with Crippen LogP contribution in [0.3, 0.4) is 0 Å². The van der Waals surface area contributed by atoms with Crippen molar-refractivity contribution < 1.29 is 19.2 Å². The summed E-state index contributed by atoms with van der Waals surface area (Å²) in [7, 11) is 0. The second-order valence-corrected chi connectivity index (χ2v) is 6.96. The van der Waals surface area contributed by atoms with Crippen LogP contribution in [0.2, 0.25) is 0 Å². The molecule has 3 rings (SSSR count).